The van der Waals surface area contributed by atoms with Crippen LogP contribution in [0.1, 0.15) is 16.8 Å². The van der Waals surface area contributed by atoms with E-state index in [1.54, 1.807) is 0 Å². The smallest absolute Gasteiger partial charge is 0.153 e. The summed E-state index contributed by atoms with van der Waals surface area (Å²) in [4.78, 5) is 6.72. The molecule has 2 aromatic heterocycles. The zero-order valence-electron chi connectivity index (χ0n) is 12.3. The monoisotopic (exact) mass is 281 g/mol. The minimum absolute atomic E-state index is 0.0291. The number of benzene rings is 1. The molecule has 0 bridgehead atoms. The van der Waals surface area contributed by atoms with E-state index in [-0.39, 0.29) is 6.61 Å². The van der Waals surface area contributed by atoms with Gasteiger partial charge in [-0.15, -0.1) is 0 Å². The predicted octanol–water partition coefficient (Wildman–Crippen LogP) is 2.77. The Labute approximate surface area is 124 Å². The summed E-state index contributed by atoms with van der Waals surface area (Å²) in [6, 6.07) is 14.2. The quantitative estimate of drug-likeness (QED) is 0.799. The van der Waals surface area contributed by atoms with Crippen molar-refractivity contribution in [3.63, 3.8) is 0 Å². The van der Waals surface area contributed by atoms with Crippen molar-refractivity contribution >= 4 is 11.5 Å². The molecule has 0 saturated heterocycles. The van der Waals surface area contributed by atoms with Crippen LogP contribution in [-0.4, -0.2) is 21.5 Å². The van der Waals surface area contributed by atoms with Gasteiger partial charge in [-0.25, -0.2) is 4.98 Å². The van der Waals surface area contributed by atoms with Gasteiger partial charge in [0, 0.05) is 19.8 Å². The van der Waals surface area contributed by atoms with E-state index in [0.717, 1.165) is 23.7 Å². The molecule has 0 spiro atoms. The largest absolute Gasteiger partial charge is 0.390 e. The van der Waals surface area contributed by atoms with Gasteiger partial charge in [-0.2, -0.15) is 0 Å². The summed E-state index contributed by atoms with van der Waals surface area (Å²) >= 11 is 0. The normalized spacial score (nSPS) is 11.0. The molecule has 21 heavy (non-hydrogen) atoms. The lowest BCUT2D eigenvalue weighted by atomic mass is 10.1. The van der Waals surface area contributed by atoms with Crippen LogP contribution in [0.2, 0.25) is 0 Å². The van der Waals surface area contributed by atoms with Crippen LogP contribution in [0.4, 0.5) is 5.82 Å². The first-order chi connectivity index (χ1) is 10.2. The highest BCUT2D eigenvalue weighted by atomic mass is 16.3. The Balaban J connectivity index is 1.98. The maximum absolute atomic E-state index is 9.69. The Hall–Kier alpha value is -2.33. The average Bonchev–Trinajstić information content (AvgIpc) is 2.88. The number of anilines is 1. The Bertz CT molecular complexity index is 764. The molecule has 4 nitrogen and oxygen atoms in total. The summed E-state index contributed by atoms with van der Waals surface area (Å²) in [7, 11) is 2.01. The Kier molecular flexibility index (Phi) is 3.62. The van der Waals surface area contributed by atoms with E-state index in [9.17, 15) is 5.11 Å². The summed E-state index contributed by atoms with van der Waals surface area (Å²) in [6.45, 7) is 2.85. The number of nitrogens with zero attached hydrogens (tertiary/aromatic N) is 3. The molecule has 0 aliphatic heterocycles. The standard InChI is InChI=1S/C17H19N3O/c1-13-7-3-4-8-14(13)11-19(2)17-15(12-21)20-10-6-5-9-16(20)18-17/h3-10,21H,11-12H2,1-2H3. The van der Waals surface area contributed by atoms with Crippen LogP contribution in [0, 0.1) is 6.92 Å². The van der Waals surface area contributed by atoms with Crippen molar-refractivity contribution in [1.82, 2.24) is 9.38 Å². The molecular formula is C17H19N3O. The van der Waals surface area contributed by atoms with Crippen molar-refractivity contribution in [2.45, 2.75) is 20.1 Å². The van der Waals surface area contributed by atoms with Gasteiger partial charge in [0.2, 0.25) is 0 Å². The molecule has 0 atom stereocenters. The molecule has 0 amide bonds. The molecule has 4 heteroatoms. The van der Waals surface area contributed by atoms with Crippen LogP contribution in [0.5, 0.6) is 0 Å². The molecule has 0 fully saturated rings. The molecular weight excluding hydrogens is 262 g/mol. The van der Waals surface area contributed by atoms with Gasteiger partial charge in [0.25, 0.3) is 0 Å². The maximum Gasteiger partial charge on any atom is 0.153 e. The fourth-order valence-corrected chi connectivity index (χ4v) is 2.60. The molecule has 2 heterocycles. The van der Waals surface area contributed by atoms with Gasteiger partial charge in [-0.1, -0.05) is 30.3 Å². The highest BCUT2D eigenvalue weighted by molar-refractivity contribution is 5.55. The van der Waals surface area contributed by atoms with Crippen LogP contribution in [-0.2, 0) is 13.2 Å². The maximum atomic E-state index is 9.69. The van der Waals surface area contributed by atoms with E-state index in [2.05, 4.69) is 28.9 Å². The Morgan fingerprint density at radius 2 is 1.90 bits per heavy atom. The second-order valence-electron chi connectivity index (χ2n) is 5.25. The minimum atomic E-state index is -0.0291. The SMILES string of the molecule is Cc1ccccc1CN(C)c1nc2ccccn2c1CO. The van der Waals surface area contributed by atoms with Crippen LogP contribution in [0.3, 0.4) is 0 Å². The van der Waals surface area contributed by atoms with Gasteiger partial charge in [-0.05, 0) is 30.2 Å². The van der Waals surface area contributed by atoms with Gasteiger partial charge in [0.05, 0.1) is 12.3 Å². The highest BCUT2D eigenvalue weighted by Crippen LogP contribution is 2.23. The molecule has 1 N–H and O–H groups in total. The lowest BCUT2D eigenvalue weighted by Crippen LogP contribution is -2.19. The average molecular weight is 281 g/mol. The van der Waals surface area contributed by atoms with Gasteiger partial charge in [0.1, 0.15) is 5.65 Å². The van der Waals surface area contributed by atoms with E-state index in [1.165, 1.54) is 11.1 Å². The lowest BCUT2D eigenvalue weighted by Gasteiger charge is -2.19. The second kappa shape index (κ2) is 5.58. The number of aryl methyl sites for hydroxylation is 1. The fourth-order valence-electron chi connectivity index (χ4n) is 2.60. The Morgan fingerprint density at radius 1 is 1.14 bits per heavy atom. The van der Waals surface area contributed by atoms with Crippen molar-refractivity contribution < 1.29 is 5.11 Å². The summed E-state index contributed by atoms with van der Waals surface area (Å²) in [5.74, 6) is 0.826. The minimum Gasteiger partial charge on any atom is -0.390 e. The number of hydrogen-bond acceptors (Lipinski definition) is 3. The number of imidazole rings is 1. The summed E-state index contributed by atoms with van der Waals surface area (Å²) in [5, 5.41) is 9.69. The van der Waals surface area contributed by atoms with Crippen molar-refractivity contribution in [3.05, 3.63) is 65.5 Å². The first-order valence-corrected chi connectivity index (χ1v) is 7.03. The van der Waals surface area contributed by atoms with Gasteiger partial charge < -0.3 is 10.0 Å². The zero-order chi connectivity index (χ0) is 14.8. The van der Waals surface area contributed by atoms with Crippen LogP contribution < -0.4 is 4.90 Å². The topological polar surface area (TPSA) is 40.8 Å². The molecule has 0 unspecified atom stereocenters. The van der Waals surface area contributed by atoms with Gasteiger partial charge >= 0.3 is 0 Å². The third kappa shape index (κ3) is 2.50. The molecule has 3 rings (SSSR count). The summed E-state index contributed by atoms with van der Waals surface area (Å²) in [5.41, 5.74) is 4.20. The van der Waals surface area contributed by atoms with Crippen molar-refractivity contribution in [3.8, 4) is 0 Å². The molecule has 0 radical (unpaired) electrons. The molecule has 0 aliphatic rings. The van der Waals surface area contributed by atoms with Gasteiger partial charge in [0.15, 0.2) is 5.82 Å². The van der Waals surface area contributed by atoms with Crippen molar-refractivity contribution in [2.24, 2.45) is 0 Å². The van der Waals surface area contributed by atoms with Crippen molar-refractivity contribution in [2.75, 3.05) is 11.9 Å². The number of aromatic nitrogens is 2. The van der Waals surface area contributed by atoms with E-state index in [4.69, 9.17) is 0 Å². The second-order valence-corrected chi connectivity index (χ2v) is 5.25. The van der Waals surface area contributed by atoms with Crippen LogP contribution >= 0.6 is 0 Å². The van der Waals surface area contributed by atoms with Gasteiger partial charge in [-0.3, -0.25) is 4.40 Å². The number of pyridine rings is 1. The fraction of sp³-hybridized carbons (Fsp3) is 0.235. The summed E-state index contributed by atoms with van der Waals surface area (Å²) in [6.07, 6.45) is 1.93. The Morgan fingerprint density at radius 3 is 2.67 bits per heavy atom. The highest BCUT2D eigenvalue weighted by Gasteiger charge is 2.15. The molecule has 3 aromatic rings. The lowest BCUT2D eigenvalue weighted by molar-refractivity contribution is 0.276. The molecule has 0 saturated carbocycles. The first-order valence-electron chi connectivity index (χ1n) is 7.03. The molecule has 1 aromatic carbocycles. The predicted molar refractivity (Wildman–Crippen MR) is 84.4 cm³/mol. The number of aliphatic hydroxyl groups is 1. The zero-order valence-corrected chi connectivity index (χ0v) is 12.3. The summed E-state index contributed by atoms with van der Waals surface area (Å²) < 4.78 is 1.93. The molecule has 108 valence electrons. The number of fused-ring (bicyclic) bond motifs is 1. The molecule has 0 aliphatic carbocycles. The van der Waals surface area contributed by atoms with E-state index < -0.39 is 0 Å². The first kappa shape index (κ1) is 13.6. The van der Waals surface area contributed by atoms with Crippen LogP contribution in [0.15, 0.2) is 48.7 Å². The van der Waals surface area contributed by atoms with E-state index in [1.807, 2.05) is 48.0 Å². The van der Waals surface area contributed by atoms with Crippen LogP contribution in [0.25, 0.3) is 5.65 Å². The van der Waals surface area contributed by atoms with E-state index in [0.29, 0.717) is 0 Å². The third-order valence-electron chi connectivity index (χ3n) is 3.79. The van der Waals surface area contributed by atoms with E-state index >= 15 is 0 Å². The van der Waals surface area contributed by atoms with Crippen molar-refractivity contribution in [1.29, 1.82) is 0 Å². The number of hydrogen-bond donors (Lipinski definition) is 1. The number of rotatable bonds is 4. The third-order valence-corrected chi connectivity index (χ3v) is 3.79. The number of aliphatic hydroxyl groups excluding tert-OH is 1.